The number of amides is 1. The van der Waals surface area contributed by atoms with Gasteiger partial charge in [0, 0.05) is 12.3 Å². The van der Waals surface area contributed by atoms with Crippen molar-refractivity contribution in [3.05, 3.63) is 0 Å². The van der Waals surface area contributed by atoms with E-state index in [2.05, 4.69) is 23.4 Å². The van der Waals surface area contributed by atoms with Crippen LogP contribution in [0.3, 0.4) is 0 Å². The second-order valence-electron chi connectivity index (χ2n) is 7.04. The minimum Gasteiger partial charge on any atom is -0.394 e. The van der Waals surface area contributed by atoms with E-state index < -0.39 is 87.1 Å². The SMILES string of the molecule is O=C(CON[C@@H]1OC(CO)[C@@H](O[C@H]2OC(CO)[C@@H](O)[C@H](O)C2O)C(O)[C@@H]1O)NCCS. The van der Waals surface area contributed by atoms with Crippen LogP contribution in [0.1, 0.15) is 0 Å². The lowest BCUT2D eigenvalue weighted by molar-refractivity contribution is -0.347. The maximum absolute atomic E-state index is 11.5. The van der Waals surface area contributed by atoms with Gasteiger partial charge in [0.25, 0.3) is 0 Å². The Balaban J connectivity index is 1.96. The molecule has 0 aromatic heterocycles. The molecule has 182 valence electrons. The predicted octanol–water partition coefficient (Wildman–Crippen LogP) is -5.82. The lowest BCUT2D eigenvalue weighted by atomic mass is 9.96. The molecule has 0 bridgehead atoms. The van der Waals surface area contributed by atoms with Crippen LogP contribution in [0.25, 0.3) is 0 Å². The molecule has 2 aliphatic rings. The number of aliphatic hydroxyl groups excluding tert-OH is 7. The average Bonchev–Trinajstić information content (AvgIpc) is 2.76. The number of thiol groups is 1. The molecule has 14 nitrogen and oxygen atoms in total. The number of hydrogen-bond donors (Lipinski definition) is 10. The number of rotatable bonds is 10. The van der Waals surface area contributed by atoms with Crippen molar-refractivity contribution in [1.29, 1.82) is 0 Å². The third-order valence-electron chi connectivity index (χ3n) is 4.84. The summed E-state index contributed by atoms with van der Waals surface area (Å²) in [6, 6.07) is 0. The largest absolute Gasteiger partial charge is 0.394 e. The Morgan fingerprint density at radius 2 is 1.58 bits per heavy atom. The van der Waals surface area contributed by atoms with Gasteiger partial charge in [0.15, 0.2) is 12.5 Å². The Morgan fingerprint density at radius 1 is 0.903 bits per heavy atom. The van der Waals surface area contributed by atoms with Crippen LogP contribution in [-0.4, -0.2) is 135 Å². The standard InChI is InChI=1S/C16H30N2O12S/c19-3-6-9(22)10(23)13(26)16(29-6)30-14-7(4-20)28-15(12(25)11(14)24)18-27-5-8(21)17-1-2-31/h6-7,9-16,18-20,22-26,31H,1-5H2,(H,17,21)/t6?,7?,9-,10+,11?,12+,13?,14-,15-,16-/m1/s1. The quantitative estimate of drug-likeness (QED) is 0.105. The first-order chi connectivity index (χ1) is 14.7. The van der Waals surface area contributed by atoms with Crippen molar-refractivity contribution < 1.29 is 59.6 Å². The monoisotopic (exact) mass is 474 g/mol. The van der Waals surface area contributed by atoms with Crippen LogP contribution < -0.4 is 10.8 Å². The summed E-state index contributed by atoms with van der Waals surface area (Å²) < 4.78 is 16.0. The Kier molecular flexibility index (Phi) is 10.8. The highest BCUT2D eigenvalue weighted by Crippen LogP contribution is 2.28. The number of nitrogens with one attached hydrogen (secondary N) is 2. The van der Waals surface area contributed by atoms with Crippen molar-refractivity contribution in [2.75, 3.05) is 32.1 Å². The Morgan fingerprint density at radius 3 is 2.19 bits per heavy atom. The molecule has 10 atom stereocenters. The first-order valence-corrected chi connectivity index (χ1v) is 10.2. The maximum atomic E-state index is 11.5. The third kappa shape index (κ3) is 6.67. The molecule has 0 saturated carbocycles. The topological polar surface area (TPSA) is 220 Å². The van der Waals surface area contributed by atoms with Crippen LogP contribution in [0.5, 0.6) is 0 Å². The molecule has 0 aromatic rings. The van der Waals surface area contributed by atoms with Gasteiger partial charge >= 0.3 is 0 Å². The summed E-state index contributed by atoms with van der Waals surface area (Å²) in [4.78, 5) is 16.4. The van der Waals surface area contributed by atoms with E-state index in [1.807, 2.05) is 0 Å². The fraction of sp³-hybridized carbons (Fsp3) is 0.938. The maximum Gasteiger partial charge on any atom is 0.248 e. The Labute approximate surface area is 183 Å². The van der Waals surface area contributed by atoms with Crippen LogP contribution in [0.4, 0.5) is 0 Å². The van der Waals surface area contributed by atoms with Crippen molar-refractivity contribution in [2.24, 2.45) is 0 Å². The first-order valence-electron chi connectivity index (χ1n) is 9.58. The molecule has 9 N–H and O–H groups in total. The molecule has 2 fully saturated rings. The second kappa shape index (κ2) is 12.5. The summed E-state index contributed by atoms with van der Waals surface area (Å²) in [7, 11) is 0. The molecule has 2 rings (SSSR count). The molecule has 0 aromatic carbocycles. The summed E-state index contributed by atoms with van der Waals surface area (Å²) in [5.41, 5.74) is 2.27. The fourth-order valence-corrected chi connectivity index (χ4v) is 3.23. The highest BCUT2D eigenvalue weighted by molar-refractivity contribution is 7.80. The zero-order chi connectivity index (χ0) is 23.1. The van der Waals surface area contributed by atoms with Crippen molar-refractivity contribution in [3.8, 4) is 0 Å². The van der Waals surface area contributed by atoms with Crippen LogP contribution in [0, 0.1) is 0 Å². The average molecular weight is 474 g/mol. The van der Waals surface area contributed by atoms with Crippen LogP contribution >= 0.6 is 12.6 Å². The second-order valence-corrected chi connectivity index (χ2v) is 7.48. The highest BCUT2D eigenvalue weighted by Gasteiger charge is 2.50. The van der Waals surface area contributed by atoms with Gasteiger partial charge in [-0.05, 0) is 0 Å². The number of ether oxygens (including phenoxy) is 3. The van der Waals surface area contributed by atoms with Gasteiger partial charge in [-0.2, -0.15) is 18.1 Å². The number of carbonyl (C=O) groups excluding carboxylic acids is 1. The summed E-state index contributed by atoms with van der Waals surface area (Å²) in [5.74, 6) is -0.0287. The number of carbonyl (C=O) groups is 1. The molecule has 2 saturated heterocycles. The van der Waals surface area contributed by atoms with Crippen LogP contribution in [0.2, 0.25) is 0 Å². The van der Waals surface area contributed by atoms with Crippen molar-refractivity contribution >= 4 is 18.5 Å². The molecule has 0 aliphatic carbocycles. The molecule has 2 heterocycles. The zero-order valence-corrected chi connectivity index (χ0v) is 17.3. The van der Waals surface area contributed by atoms with Gasteiger partial charge in [-0.25, -0.2) is 0 Å². The van der Waals surface area contributed by atoms with Gasteiger partial charge in [-0.3, -0.25) is 9.63 Å². The summed E-state index contributed by atoms with van der Waals surface area (Å²) in [6.07, 6.45) is -15.3. The highest BCUT2D eigenvalue weighted by atomic mass is 32.1. The van der Waals surface area contributed by atoms with Gasteiger partial charge in [0.05, 0.1) is 13.2 Å². The molecular weight excluding hydrogens is 444 g/mol. The number of hydroxylamine groups is 1. The normalized spacial score (nSPS) is 41.2. The van der Waals surface area contributed by atoms with Gasteiger partial charge in [0.1, 0.15) is 55.4 Å². The number of hydrogen-bond acceptors (Lipinski definition) is 14. The molecule has 4 unspecified atom stereocenters. The fourth-order valence-electron chi connectivity index (χ4n) is 3.12. The van der Waals surface area contributed by atoms with Crippen molar-refractivity contribution in [1.82, 2.24) is 10.8 Å². The molecule has 0 spiro atoms. The molecule has 1 amide bonds. The molecule has 0 radical (unpaired) electrons. The van der Waals surface area contributed by atoms with E-state index in [9.17, 15) is 40.5 Å². The minimum atomic E-state index is -1.75. The van der Waals surface area contributed by atoms with E-state index in [0.717, 1.165) is 0 Å². The van der Waals surface area contributed by atoms with E-state index in [-0.39, 0.29) is 0 Å². The van der Waals surface area contributed by atoms with Crippen LogP contribution in [-0.2, 0) is 23.8 Å². The summed E-state index contributed by atoms with van der Waals surface area (Å²) in [5, 5.41) is 71.8. The smallest absolute Gasteiger partial charge is 0.248 e. The van der Waals surface area contributed by atoms with E-state index in [1.165, 1.54) is 0 Å². The van der Waals surface area contributed by atoms with Gasteiger partial charge in [-0.15, -0.1) is 0 Å². The molecule has 15 heteroatoms. The van der Waals surface area contributed by atoms with E-state index >= 15 is 0 Å². The number of aliphatic hydroxyl groups is 7. The Bertz CT molecular complexity index is 559. The summed E-state index contributed by atoms with van der Waals surface area (Å²) in [6.45, 7) is -1.47. The minimum absolute atomic E-state index is 0.329. The summed E-state index contributed by atoms with van der Waals surface area (Å²) >= 11 is 3.94. The van der Waals surface area contributed by atoms with E-state index in [1.54, 1.807) is 0 Å². The van der Waals surface area contributed by atoms with E-state index in [4.69, 9.17) is 19.0 Å². The van der Waals surface area contributed by atoms with Crippen molar-refractivity contribution in [2.45, 2.75) is 61.3 Å². The Hall–Kier alpha value is -0.660. The lowest BCUT2D eigenvalue weighted by Crippen LogP contribution is -2.66. The van der Waals surface area contributed by atoms with Gasteiger partial charge in [-0.1, -0.05) is 0 Å². The van der Waals surface area contributed by atoms with Gasteiger partial charge in [0.2, 0.25) is 5.91 Å². The predicted molar refractivity (Wildman–Crippen MR) is 102 cm³/mol. The van der Waals surface area contributed by atoms with Gasteiger partial charge < -0.3 is 55.3 Å². The van der Waals surface area contributed by atoms with Crippen LogP contribution in [0.15, 0.2) is 0 Å². The lowest BCUT2D eigenvalue weighted by Gasteiger charge is -2.46. The van der Waals surface area contributed by atoms with E-state index in [0.29, 0.717) is 12.3 Å². The first kappa shape index (κ1) is 26.6. The third-order valence-corrected chi connectivity index (χ3v) is 5.06. The molecular formula is C16H30N2O12S. The molecule has 2 aliphatic heterocycles. The molecule has 31 heavy (non-hydrogen) atoms. The zero-order valence-electron chi connectivity index (χ0n) is 16.4. The van der Waals surface area contributed by atoms with Crippen molar-refractivity contribution in [3.63, 3.8) is 0 Å².